The summed E-state index contributed by atoms with van der Waals surface area (Å²) in [4.78, 5) is 12.1. The van der Waals surface area contributed by atoms with E-state index in [4.69, 9.17) is 28.4 Å². The van der Waals surface area contributed by atoms with Crippen LogP contribution in [0, 0.1) is 11.3 Å². The van der Waals surface area contributed by atoms with Crippen molar-refractivity contribution in [3.8, 4) is 0 Å². The lowest BCUT2D eigenvalue weighted by Gasteiger charge is -2.46. The Morgan fingerprint density at radius 1 is 0.771 bits per heavy atom. The van der Waals surface area contributed by atoms with Gasteiger partial charge in [0.25, 0.3) is 0 Å². The summed E-state index contributed by atoms with van der Waals surface area (Å²) < 4.78 is 34.0. The second kappa shape index (κ2) is 16.4. The zero-order valence-electron chi connectivity index (χ0n) is 27.5. The van der Waals surface area contributed by atoms with E-state index in [2.05, 4.69) is 0 Å². The maximum atomic E-state index is 12.1. The van der Waals surface area contributed by atoms with Crippen LogP contribution in [-0.2, 0) is 33.2 Å². The molecule has 0 radical (unpaired) electrons. The van der Waals surface area contributed by atoms with Crippen molar-refractivity contribution in [3.63, 3.8) is 0 Å². The second-order valence-electron chi connectivity index (χ2n) is 13.9. The van der Waals surface area contributed by atoms with Gasteiger partial charge in [0, 0.05) is 6.42 Å². The van der Waals surface area contributed by atoms with E-state index in [9.17, 15) is 55.9 Å². The van der Waals surface area contributed by atoms with Gasteiger partial charge >= 0.3 is 0 Å². The van der Waals surface area contributed by atoms with Crippen LogP contribution < -0.4 is 0 Å². The molecule has 278 valence electrons. The fraction of sp³-hybridized carbons (Fsp3) is 0.903. The predicted octanol–water partition coefficient (Wildman–Crippen LogP) is -3.82. The van der Waals surface area contributed by atoms with Crippen LogP contribution in [0.2, 0.25) is 0 Å². The number of aliphatic hydroxyl groups is 10. The Bertz CT molecular complexity index is 1090. The SMILES string of the molecule is CC1=CC(=O)CC(C)(C)C1CCC(C)OC1OC(COC2OC(CO)C(O)C(O)C2OC2OC(CO)C(O)C(O)C2O)C(O)C(O)C1O. The number of ether oxygens (including phenoxy) is 6. The quantitative estimate of drug-likeness (QED) is 0.0936. The molecule has 0 aromatic carbocycles. The maximum Gasteiger partial charge on any atom is 0.187 e. The Hall–Kier alpha value is -1.23. The van der Waals surface area contributed by atoms with Gasteiger partial charge in [-0.2, -0.15) is 0 Å². The highest BCUT2D eigenvalue weighted by Gasteiger charge is 2.52. The first-order valence-electron chi connectivity index (χ1n) is 16.3. The van der Waals surface area contributed by atoms with E-state index >= 15 is 0 Å². The van der Waals surface area contributed by atoms with Gasteiger partial charge in [-0.1, -0.05) is 19.4 Å². The molecule has 4 aliphatic rings. The van der Waals surface area contributed by atoms with E-state index in [0.29, 0.717) is 19.3 Å². The molecule has 0 bridgehead atoms. The van der Waals surface area contributed by atoms with Gasteiger partial charge in [-0.25, -0.2) is 0 Å². The summed E-state index contributed by atoms with van der Waals surface area (Å²) in [6, 6.07) is 0. The van der Waals surface area contributed by atoms with Crippen molar-refractivity contribution in [2.75, 3.05) is 19.8 Å². The molecule has 3 saturated heterocycles. The molecule has 17 atom stereocenters. The van der Waals surface area contributed by atoms with Crippen molar-refractivity contribution >= 4 is 5.78 Å². The first-order chi connectivity index (χ1) is 22.5. The monoisotopic (exact) mass is 696 g/mol. The zero-order chi connectivity index (χ0) is 35.7. The molecule has 17 nitrogen and oxygen atoms in total. The van der Waals surface area contributed by atoms with E-state index in [0.717, 1.165) is 5.57 Å². The fourth-order valence-corrected chi connectivity index (χ4v) is 6.94. The number of carbonyl (C=O) groups excluding carboxylic acids is 1. The summed E-state index contributed by atoms with van der Waals surface area (Å²) in [7, 11) is 0. The molecular weight excluding hydrogens is 644 g/mol. The first kappa shape index (κ1) is 39.6. The largest absolute Gasteiger partial charge is 0.394 e. The Morgan fingerprint density at radius 3 is 1.88 bits per heavy atom. The topological polar surface area (TPSA) is 275 Å². The molecule has 0 saturated carbocycles. The fourth-order valence-electron chi connectivity index (χ4n) is 6.94. The molecule has 10 N–H and O–H groups in total. The van der Waals surface area contributed by atoms with E-state index in [1.54, 1.807) is 13.0 Å². The lowest BCUT2D eigenvalue weighted by Crippen LogP contribution is -2.65. The summed E-state index contributed by atoms with van der Waals surface area (Å²) in [6.45, 7) is 5.68. The van der Waals surface area contributed by atoms with Gasteiger partial charge in [-0.05, 0) is 44.1 Å². The van der Waals surface area contributed by atoms with Crippen molar-refractivity contribution in [3.05, 3.63) is 11.6 Å². The van der Waals surface area contributed by atoms with Crippen molar-refractivity contribution in [2.45, 2.75) is 145 Å². The van der Waals surface area contributed by atoms with Crippen LogP contribution in [0.25, 0.3) is 0 Å². The maximum absolute atomic E-state index is 12.1. The highest BCUT2D eigenvalue weighted by atomic mass is 16.8. The Labute approximate surface area is 278 Å². The molecule has 17 heteroatoms. The van der Waals surface area contributed by atoms with Crippen LogP contribution in [0.5, 0.6) is 0 Å². The number of aliphatic hydroxyl groups excluding tert-OH is 10. The van der Waals surface area contributed by atoms with E-state index in [1.165, 1.54) is 0 Å². The van der Waals surface area contributed by atoms with Gasteiger partial charge in [0.1, 0.15) is 73.2 Å². The van der Waals surface area contributed by atoms with Crippen molar-refractivity contribution in [1.82, 2.24) is 0 Å². The highest BCUT2D eigenvalue weighted by Crippen LogP contribution is 2.42. The molecule has 3 aliphatic heterocycles. The Balaban J connectivity index is 1.41. The van der Waals surface area contributed by atoms with Crippen LogP contribution >= 0.6 is 0 Å². The molecule has 3 heterocycles. The third-order valence-electron chi connectivity index (χ3n) is 9.80. The normalized spacial score (nSPS) is 45.9. The Kier molecular flexibility index (Phi) is 13.5. The van der Waals surface area contributed by atoms with E-state index in [-0.39, 0.29) is 17.1 Å². The van der Waals surface area contributed by atoms with Gasteiger partial charge in [-0.3, -0.25) is 4.79 Å². The average molecular weight is 697 g/mol. The molecule has 17 unspecified atom stereocenters. The number of carbonyl (C=O) groups is 1. The van der Waals surface area contributed by atoms with Gasteiger partial charge < -0.3 is 79.5 Å². The number of rotatable bonds is 12. The third-order valence-corrected chi connectivity index (χ3v) is 9.80. The minimum absolute atomic E-state index is 0.0838. The molecule has 4 rings (SSSR count). The summed E-state index contributed by atoms with van der Waals surface area (Å²) >= 11 is 0. The summed E-state index contributed by atoms with van der Waals surface area (Å²) in [6.07, 6.45) is -21.6. The number of hydrogen-bond acceptors (Lipinski definition) is 17. The lowest BCUT2D eigenvalue weighted by atomic mass is 9.66. The summed E-state index contributed by atoms with van der Waals surface area (Å²) in [5.74, 6) is 0.206. The predicted molar refractivity (Wildman–Crippen MR) is 159 cm³/mol. The van der Waals surface area contributed by atoms with Crippen LogP contribution in [0.3, 0.4) is 0 Å². The number of hydrogen-bond donors (Lipinski definition) is 10. The van der Waals surface area contributed by atoms with Gasteiger partial charge in [0.15, 0.2) is 24.7 Å². The smallest absolute Gasteiger partial charge is 0.187 e. The minimum atomic E-state index is -1.87. The third kappa shape index (κ3) is 8.62. The second-order valence-corrected chi connectivity index (χ2v) is 13.9. The van der Waals surface area contributed by atoms with E-state index in [1.807, 2.05) is 20.8 Å². The molecule has 0 amide bonds. The Morgan fingerprint density at radius 2 is 1.29 bits per heavy atom. The van der Waals surface area contributed by atoms with Crippen LogP contribution in [0.15, 0.2) is 11.6 Å². The molecule has 48 heavy (non-hydrogen) atoms. The van der Waals surface area contributed by atoms with E-state index < -0.39 is 118 Å². The number of allylic oxidation sites excluding steroid dienone is 2. The summed E-state index contributed by atoms with van der Waals surface area (Å²) in [5, 5.41) is 103. The van der Waals surface area contributed by atoms with Crippen LogP contribution in [0.4, 0.5) is 0 Å². The van der Waals surface area contributed by atoms with Gasteiger partial charge in [-0.15, -0.1) is 0 Å². The van der Waals surface area contributed by atoms with Crippen molar-refractivity contribution < 1.29 is 84.3 Å². The summed E-state index contributed by atoms with van der Waals surface area (Å²) in [5.41, 5.74) is 0.733. The molecule has 0 spiro atoms. The zero-order valence-corrected chi connectivity index (χ0v) is 27.5. The standard InChI is InChI=1S/C31H52O17/c1-12-7-14(34)8-31(3,4)15(12)6-5-13(2)44-28-25(41)23(39)21(37)18(47-28)11-43-30-27(24(40)20(36)17(10-33)46-30)48-29-26(42)22(38)19(35)16(9-32)45-29/h7,13,15-30,32-33,35-42H,5-6,8-11H2,1-4H3. The lowest BCUT2D eigenvalue weighted by molar-refractivity contribution is -0.373. The van der Waals surface area contributed by atoms with Gasteiger partial charge in [0.05, 0.1) is 25.9 Å². The first-order valence-corrected chi connectivity index (χ1v) is 16.3. The molecule has 3 fully saturated rings. The number of ketones is 1. The molecular formula is C31H52O17. The van der Waals surface area contributed by atoms with Crippen molar-refractivity contribution in [1.29, 1.82) is 0 Å². The van der Waals surface area contributed by atoms with Crippen LogP contribution in [0.1, 0.15) is 47.0 Å². The highest BCUT2D eigenvalue weighted by molar-refractivity contribution is 5.91. The molecule has 1 aliphatic carbocycles. The minimum Gasteiger partial charge on any atom is -0.394 e. The molecule has 0 aromatic rings. The van der Waals surface area contributed by atoms with Gasteiger partial charge in [0.2, 0.25) is 0 Å². The average Bonchev–Trinajstić information content (AvgIpc) is 3.02. The van der Waals surface area contributed by atoms with Crippen molar-refractivity contribution in [2.24, 2.45) is 11.3 Å². The van der Waals surface area contributed by atoms with Crippen LogP contribution in [-0.4, -0.2) is 175 Å². The molecule has 0 aromatic heterocycles.